The van der Waals surface area contributed by atoms with Gasteiger partial charge in [0.15, 0.2) is 0 Å². The molecule has 0 unspecified atom stereocenters. The molecule has 2 aromatic rings. The van der Waals surface area contributed by atoms with E-state index in [1.54, 1.807) is 6.07 Å². The van der Waals surface area contributed by atoms with E-state index < -0.39 is 5.60 Å². The topological polar surface area (TPSA) is 86.5 Å². The van der Waals surface area contributed by atoms with E-state index >= 15 is 0 Å². The van der Waals surface area contributed by atoms with Crippen molar-refractivity contribution in [2.75, 3.05) is 13.1 Å². The standard InChI is InChI=1S/C16H23N5O2/c1-11-8-20(6-5-16(11,23)12-3-2-4-12)9-13-7-14(22)21-15(19-13)17-10-18-21/h7,10-12,23H,2-6,8-9H2,1H3,(H,17,18,19)/t11-,16+/m1/s1. The monoisotopic (exact) mass is 317 g/mol. The second-order valence-electron chi connectivity index (χ2n) is 7.11. The van der Waals surface area contributed by atoms with E-state index in [2.05, 4.69) is 26.9 Å². The molecule has 2 N–H and O–H groups in total. The van der Waals surface area contributed by atoms with E-state index in [1.807, 2.05) is 0 Å². The normalized spacial score (nSPS) is 29.7. The molecule has 124 valence electrons. The van der Waals surface area contributed by atoms with Gasteiger partial charge in [0.2, 0.25) is 0 Å². The first-order chi connectivity index (χ1) is 11.1. The maximum atomic E-state index is 12.0. The zero-order chi connectivity index (χ0) is 16.0. The minimum Gasteiger partial charge on any atom is -0.389 e. The van der Waals surface area contributed by atoms with E-state index in [4.69, 9.17) is 0 Å². The van der Waals surface area contributed by atoms with Crippen molar-refractivity contribution in [2.45, 2.75) is 44.8 Å². The quantitative estimate of drug-likeness (QED) is 0.874. The molecule has 4 rings (SSSR count). The highest BCUT2D eigenvalue weighted by Crippen LogP contribution is 2.44. The van der Waals surface area contributed by atoms with Gasteiger partial charge in [-0.05, 0) is 31.1 Å². The molecule has 1 aliphatic carbocycles. The van der Waals surface area contributed by atoms with Gasteiger partial charge in [-0.3, -0.25) is 14.8 Å². The molecule has 1 saturated heterocycles. The summed E-state index contributed by atoms with van der Waals surface area (Å²) >= 11 is 0. The number of hydrogen-bond acceptors (Lipinski definition) is 5. The van der Waals surface area contributed by atoms with Crippen LogP contribution in [0.1, 0.15) is 38.3 Å². The van der Waals surface area contributed by atoms with Crippen molar-refractivity contribution in [3.8, 4) is 0 Å². The van der Waals surface area contributed by atoms with Crippen molar-refractivity contribution in [2.24, 2.45) is 11.8 Å². The average molecular weight is 317 g/mol. The number of H-pyrrole nitrogens is 1. The summed E-state index contributed by atoms with van der Waals surface area (Å²) in [6.07, 6.45) is 5.85. The molecule has 0 bridgehead atoms. The number of aromatic amines is 1. The van der Waals surface area contributed by atoms with Gasteiger partial charge < -0.3 is 5.11 Å². The second-order valence-corrected chi connectivity index (χ2v) is 7.11. The van der Waals surface area contributed by atoms with Crippen molar-refractivity contribution in [3.05, 3.63) is 28.4 Å². The van der Waals surface area contributed by atoms with Crippen LogP contribution < -0.4 is 5.56 Å². The van der Waals surface area contributed by atoms with Gasteiger partial charge in [-0.2, -0.15) is 4.52 Å². The predicted octanol–water partition coefficient (Wildman–Crippen LogP) is 0.791. The molecule has 23 heavy (non-hydrogen) atoms. The smallest absolute Gasteiger partial charge is 0.274 e. The first-order valence-corrected chi connectivity index (χ1v) is 8.43. The lowest BCUT2D eigenvalue weighted by atomic mass is 9.65. The minimum absolute atomic E-state index is 0.140. The number of likely N-dealkylation sites (tertiary alicyclic amines) is 1. The molecular formula is C16H23N5O2. The first-order valence-electron chi connectivity index (χ1n) is 8.43. The Balaban J connectivity index is 1.48. The largest absolute Gasteiger partial charge is 0.389 e. The van der Waals surface area contributed by atoms with Crippen molar-refractivity contribution in [3.63, 3.8) is 0 Å². The number of aromatic nitrogens is 4. The summed E-state index contributed by atoms with van der Waals surface area (Å²) in [5, 5.41) is 13.7. The molecule has 0 radical (unpaired) electrons. The van der Waals surface area contributed by atoms with Crippen LogP contribution in [0, 0.1) is 11.8 Å². The van der Waals surface area contributed by atoms with Gasteiger partial charge >= 0.3 is 0 Å². The van der Waals surface area contributed by atoms with Gasteiger partial charge in [0.1, 0.15) is 6.33 Å². The number of nitrogens with one attached hydrogen (secondary N) is 1. The summed E-state index contributed by atoms with van der Waals surface area (Å²) in [5.41, 5.74) is 0.0929. The van der Waals surface area contributed by atoms with Crippen LogP contribution in [0.4, 0.5) is 0 Å². The number of hydrogen-bond donors (Lipinski definition) is 2. The Hall–Kier alpha value is -1.73. The number of piperidine rings is 1. The maximum Gasteiger partial charge on any atom is 0.274 e. The third kappa shape index (κ3) is 2.48. The number of rotatable bonds is 3. The van der Waals surface area contributed by atoms with Crippen molar-refractivity contribution < 1.29 is 5.11 Å². The summed E-state index contributed by atoms with van der Waals surface area (Å²) in [4.78, 5) is 22.8. The second kappa shape index (κ2) is 5.42. The predicted molar refractivity (Wildman–Crippen MR) is 85.0 cm³/mol. The first kappa shape index (κ1) is 14.8. The van der Waals surface area contributed by atoms with Gasteiger partial charge in [-0.1, -0.05) is 13.3 Å². The fourth-order valence-corrected chi connectivity index (χ4v) is 4.06. The summed E-state index contributed by atoms with van der Waals surface area (Å²) in [5.74, 6) is 1.13. The minimum atomic E-state index is -0.506. The SMILES string of the molecule is C[C@@H]1CN(Cc2cc(=O)n3[nH]cnc3n2)CC[C@@]1(O)C1CCC1. The van der Waals surface area contributed by atoms with E-state index in [0.717, 1.165) is 38.0 Å². The van der Waals surface area contributed by atoms with Gasteiger partial charge in [-0.25, -0.2) is 9.97 Å². The van der Waals surface area contributed by atoms with Crippen LogP contribution in [0.15, 0.2) is 17.2 Å². The Kier molecular flexibility index (Phi) is 3.50. The molecule has 2 aliphatic rings. The van der Waals surface area contributed by atoms with Crippen LogP contribution in [-0.2, 0) is 6.54 Å². The van der Waals surface area contributed by atoms with Gasteiger partial charge in [-0.15, -0.1) is 0 Å². The Morgan fingerprint density at radius 1 is 1.48 bits per heavy atom. The van der Waals surface area contributed by atoms with Crippen LogP contribution in [0.2, 0.25) is 0 Å². The summed E-state index contributed by atoms with van der Waals surface area (Å²) in [6, 6.07) is 1.56. The molecule has 0 amide bonds. The molecule has 2 aromatic heterocycles. The van der Waals surface area contributed by atoms with E-state index in [-0.39, 0.29) is 11.5 Å². The molecule has 7 nitrogen and oxygen atoms in total. The summed E-state index contributed by atoms with van der Waals surface area (Å²) in [6.45, 7) is 4.46. The lowest BCUT2D eigenvalue weighted by Gasteiger charge is -2.50. The molecule has 1 saturated carbocycles. The Morgan fingerprint density at radius 2 is 2.30 bits per heavy atom. The lowest BCUT2D eigenvalue weighted by molar-refractivity contribution is -0.128. The molecule has 0 aromatic carbocycles. The molecule has 2 fully saturated rings. The number of aliphatic hydroxyl groups is 1. The van der Waals surface area contributed by atoms with E-state index in [1.165, 1.54) is 17.3 Å². The highest BCUT2D eigenvalue weighted by Gasteiger charge is 2.46. The van der Waals surface area contributed by atoms with Crippen molar-refractivity contribution in [1.82, 2.24) is 24.5 Å². The van der Waals surface area contributed by atoms with Crippen LogP contribution >= 0.6 is 0 Å². The fraction of sp³-hybridized carbons (Fsp3) is 0.688. The summed E-state index contributed by atoms with van der Waals surface area (Å²) in [7, 11) is 0. The Bertz CT molecular complexity index is 765. The van der Waals surface area contributed by atoms with Gasteiger partial charge in [0, 0.05) is 25.7 Å². The molecular weight excluding hydrogens is 294 g/mol. The Morgan fingerprint density at radius 3 is 3.00 bits per heavy atom. The fourth-order valence-electron chi connectivity index (χ4n) is 4.06. The molecule has 0 spiro atoms. The van der Waals surface area contributed by atoms with E-state index in [0.29, 0.717) is 18.2 Å². The molecule has 3 heterocycles. The highest BCUT2D eigenvalue weighted by atomic mass is 16.3. The van der Waals surface area contributed by atoms with Crippen LogP contribution in [0.3, 0.4) is 0 Å². The zero-order valence-electron chi connectivity index (χ0n) is 13.4. The third-order valence-electron chi connectivity index (χ3n) is 5.73. The highest BCUT2D eigenvalue weighted by molar-refractivity contribution is 5.26. The third-order valence-corrected chi connectivity index (χ3v) is 5.73. The molecule has 2 atom stereocenters. The average Bonchev–Trinajstić information content (AvgIpc) is 2.90. The van der Waals surface area contributed by atoms with Gasteiger partial charge in [0.25, 0.3) is 11.3 Å². The molecule has 1 aliphatic heterocycles. The number of nitrogens with zero attached hydrogens (tertiary/aromatic N) is 4. The van der Waals surface area contributed by atoms with Crippen LogP contribution in [-0.4, -0.2) is 48.3 Å². The zero-order valence-corrected chi connectivity index (χ0v) is 13.4. The maximum absolute atomic E-state index is 12.0. The van der Waals surface area contributed by atoms with Gasteiger partial charge in [0.05, 0.1) is 11.3 Å². The van der Waals surface area contributed by atoms with E-state index in [9.17, 15) is 9.90 Å². The Labute approximate surface area is 134 Å². The van der Waals surface area contributed by atoms with Crippen molar-refractivity contribution >= 4 is 5.78 Å². The van der Waals surface area contributed by atoms with Crippen molar-refractivity contribution in [1.29, 1.82) is 0 Å². The molecule has 7 heteroatoms. The summed E-state index contributed by atoms with van der Waals surface area (Å²) < 4.78 is 1.33. The van der Waals surface area contributed by atoms with Crippen LogP contribution in [0.5, 0.6) is 0 Å². The number of fused-ring (bicyclic) bond motifs is 1. The lowest BCUT2D eigenvalue weighted by Crippen LogP contribution is -2.56. The van der Waals surface area contributed by atoms with Crippen LogP contribution in [0.25, 0.3) is 5.78 Å².